The zero-order valence-corrected chi connectivity index (χ0v) is 26.6. The molecule has 0 aromatic rings. The van der Waals surface area contributed by atoms with Gasteiger partial charge in [0.15, 0.2) is 0 Å². The van der Waals surface area contributed by atoms with Gasteiger partial charge in [-0.25, -0.2) is 0 Å². The van der Waals surface area contributed by atoms with Gasteiger partial charge in [0.05, 0.1) is 0 Å². The fourth-order valence-corrected chi connectivity index (χ4v) is 5.48. The molecule has 1 N–H and O–H groups in total. The van der Waals surface area contributed by atoms with Gasteiger partial charge in [-0.15, -0.1) is 0 Å². The van der Waals surface area contributed by atoms with E-state index in [1.807, 2.05) is 0 Å². The van der Waals surface area contributed by atoms with Gasteiger partial charge in [0.25, 0.3) is 0 Å². The zero-order chi connectivity index (χ0) is 27.8. The number of carbonyl (C=O) groups is 1. The molecule has 0 aromatic carbocycles. The van der Waals surface area contributed by atoms with Crippen LogP contribution >= 0.6 is 0 Å². The van der Waals surface area contributed by atoms with Crippen LogP contribution in [-0.4, -0.2) is 25.2 Å². The monoisotopic (exact) mass is 538 g/mol. The van der Waals surface area contributed by atoms with E-state index in [-0.39, 0.29) is 5.97 Å². The van der Waals surface area contributed by atoms with E-state index < -0.39 is 0 Å². The van der Waals surface area contributed by atoms with E-state index in [1.165, 1.54) is 161 Å². The van der Waals surface area contributed by atoms with Gasteiger partial charge in [-0.05, 0) is 19.3 Å². The summed E-state index contributed by atoms with van der Waals surface area (Å²) in [5, 5.41) is 3.73. The molecule has 0 saturated carbocycles. The molecule has 1 atom stereocenters. The molecule has 0 heterocycles. The lowest BCUT2D eigenvalue weighted by Crippen LogP contribution is -2.32. The number of hydrogen-bond acceptors (Lipinski definition) is 3. The van der Waals surface area contributed by atoms with Crippen LogP contribution in [0.15, 0.2) is 0 Å². The second kappa shape index (κ2) is 32.6. The maximum Gasteiger partial charge on any atom is 0.305 e. The summed E-state index contributed by atoms with van der Waals surface area (Å²) in [5.74, 6) is -0.0113. The van der Waals surface area contributed by atoms with Crippen molar-refractivity contribution < 1.29 is 9.53 Å². The van der Waals surface area contributed by atoms with Crippen molar-refractivity contribution >= 4 is 5.97 Å². The molecule has 0 radical (unpaired) electrons. The van der Waals surface area contributed by atoms with E-state index in [0.717, 1.165) is 19.4 Å². The third-order valence-corrected chi connectivity index (χ3v) is 8.09. The third kappa shape index (κ3) is 30.0. The lowest BCUT2D eigenvalue weighted by molar-refractivity contribution is -0.143. The Morgan fingerprint density at radius 2 is 0.842 bits per heavy atom. The van der Waals surface area contributed by atoms with Crippen LogP contribution < -0.4 is 5.32 Å². The minimum atomic E-state index is -0.0113. The highest BCUT2D eigenvalue weighted by molar-refractivity contribution is 5.69. The summed E-state index contributed by atoms with van der Waals surface area (Å²) in [7, 11) is 0. The Labute approximate surface area is 240 Å². The molecule has 0 saturated heterocycles. The lowest BCUT2D eigenvalue weighted by atomic mass is 9.99. The molecule has 0 aromatic heterocycles. The standard InChI is InChI=1S/C35H71NO2/c1-4-7-10-13-15-16-17-18-19-20-21-22-25-27-30-34(29-26-24-14-11-8-5-2)36-32-33-38-35(37)31-28-23-12-9-6-3/h34,36H,4-33H2,1-3H3. The van der Waals surface area contributed by atoms with Gasteiger partial charge in [0.2, 0.25) is 0 Å². The first kappa shape index (κ1) is 37.4. The molecular formula is C35H71NO2. The normalized spacial score (nSPS) is 12.2. The Balaban J connectivity index is 3.86. The smallest absolute Gasteiger partial charge is 0.305 e. The van der Waals surface area contributed by atoms with Crippen molar-refractivity contribution in [1.29, 1.82) is 0 Å². The molecule has 1 unspecified atom stereocenters. The Morgan fingerprint density at radius 3 is 1.24 bits per heavy atom. The predicted molar refractivity (Wildman–Crippen MR) is 169 cm³/mol. The number of unbranched alkanes of at least 4 members (excludes halogenated alkanes) is 22. The Morgan fingerprint density at radius 1 is 0.500 bits per heavy atom. The molecule has 0 aliphatic carbocycles. The topological polar surface area (TPSA) is 38.3 Å². The van der Waals surface area contributed by atoms with Crippen LogP contribution in [0.25, 0.3) is 0 Å². The van der Waals surface area contributed by atoms with Crippen molar-refractivity contribution in [2.24, 2.45) is 0 Å². The number of hydrogen-bond donors (Lipinski definition) is 1. The first-order chi connectivity index (χ1) is 18.7. The fourth-order valence-electron chi connectivity index (χ4n) is 5.48. The Kier molecular flexibility index (Phi) is 32.2. The molecule has 0 aliphatic heterocycles. The van der Waals surface area contributed by atoms with Crippen molar-refractivity contribution in [3.63, 3.8) is 0 Å². The van der Waals surface area contributed by atoms with Crippen LogP contribution in [0.4, 0.5) is 0 Å². The minimum absolute atomic E-state index is 0.0113. The van der Waals surface area contributed by atoms with E-state index in [4.69, 9.17) is 4.74 Å². The first-order valence-corrected chi connectivity index (χ1v) is 17.6. The van der Waals surface area contributed by atoms with E-state index in [2.05, 4.69) is 26.1 Å². The molecule has 3 nitrogen and oxygen atoms in total. The maximum absolute atomic E-state index is 12.0. The number of nitrogens with one attached hydrogen (secondary N) is 1. The Hall–Kier alpha value is -0.570. The molecule has 3 heteroatoms. The van der Waals surface area contributed by atoms with Gasteiger partial charge in [-0.3, -0.25) is 4.79 Å². The van der Waals surface area contributed by atoms with Crippen LogP contribution in [0.3, 0.4) is 0 Å². The van der Waals surface area contributed by atoms with E-state index in [9.17, 15) is 4.79 Å². The quantitative estimate of drug-likeness (QED) is 0.0685. The molecule has 0 fully saturated rings. The molecule has 228 valence electrons. The number of rotatable bonds is 32. The first-order valence-electron chi connectivity index (χ1n) is 17.6. The number of ether oxygens (including phenoxy) is 1. The summed E-state index contributed by atoms with van der Waals surface area (Å²) in [5.41, 5.74) is 0. The average Bonchev–Trinajstić information content (AvgIpc) is 2.92. The van der Waals surface area contributed by atoms with Crippen LogP contribution in [0.5, 0.6) is 0 Å². The van der Waals surface area contributed by atoms with E-state index >= 15 is 0 Å². The molecule has 0 rings (SSSR count). The highest BCUT2D eigenvalue weighted by Gasteiger charge is 2.09. The summed E-state index contributed by atoms with van der Waals surface area (Å²) in [6, 6.07) is 0.589. The van der Waals surface area contributed by atoms with E-state index in [1.54, 1.807) is 0 Å². The third-order valence-electron chi connectivity index (χ3n) is 8.09. The van der Waals surface area contributed by atoms with Crippen molar-refractivity contribution in [2.45, 2.75) is 207 Å². The fraction of sp³-hybridized carbons (Fsp3) is 0.971. The number of carbonyl (C=O) groups excluding carboxylic acids is 1. The van der Waals surface area contributed by atoms with Gasteiger partial charge < -0.3 is 10.1 Å². The number of esters is 1. The van der Waals surface area contributed by atoms with Crippen molar-refractivity contribution in [3.05, 3.63) is 0 Å². The molecule has 0 amide bonds. The lowest BCUT2D eigenvalue weighted by Gasteiger charge is -2.19. The van der Waals surface area contributed by atoms with Crippen molar-refractivity contribution in [2.75, 3.05) is 13.2 Å². The summed E-state index contributed by atoms with van der Waals surface area (Å²) < 4.78 is 5.49. The average molecular weight is 538 g/mol. The van der Waals surface area contributed by atoms with Gasteiger partial charge in [-0.2, -0.15) is 0 Å². The predicted octanol–water partition coefficient (Wildman–Crippen LogP) is 11.5. The molecule has 0 bridgehead atoms. The minimum Gasteiger partial charge on any atom is -0.464 e. The summed E-state index contributed by atoms with van der Waals surface area (Å²) in [6.45, 7) is 8.14. The second-order valence-corrected chi connectivity index (χ2v) is 12.0. The van der Waals surface area contributed by atoms with Crippen molar-refractivity contribution in [3.8, 4) is 0 Å². The highest BCUT2D eigenvalue weighted by Crippen LogP contribution is 2.16. The SMILES string of the molecule is CCCCCCCCCCCCCCCCC(CCCCCCCC)NCCOC(=O)CCCCCCC. The summed E-state index contributed by atoms with van der Waals surface area (Å²) in [4.78, 5) is 12.0. The van der Waals surface area contributed by atoms with E-state index in [0.29, 0.717) is 19.1 Å². The molecule has 0 aliphatic rings. The molecular weight excluding hydrogens is 466 g/mol. The van der Waals surface area contributed by atoms with Crippen LogP contribution in [-0.2, 0) is 9.53 Å². The second-order valence-electron chi connectivity index (χ2n) is 12.0. The van der Waals surface area contributed by atoms with Crippen LogP contribution in [0.2, 0.25) is 0 Å². The van der Waals surface area contributed by atoms with Gasteiger partial charge >= 0.3 is 5.97 Å². The van der Waals surface area contributed by atoms with Crippen LogP contribution in [0.1, 0.15) is 201 Å². The Bertz CT molecular complexity index is 453. The van der Waals surface area contributed by atoms with Crippen LogP contribution in [0, 0.1) is 0 Å². The summed E-state index contributed by atoms with van der Waals surface area (Å²) in [6.07, 6.45) is 37.1. The van der Waals surface area contributed by atoms with Gasteiger partial charge in [0, 0.05) is 19.0 Å². The highest BCUT2D eigenvalue weighted by atomic mass is 16.5. The molecule has 0 spiro atoms. The zero-order valence-electron chi connectivity index (χ0n) is 26.6. The molecule has 38 heavy (non-hydrogen) atoms. The largest absolute Gasteiger partial charge is 0.464 e. The van der Waals surface area contributed by atoms with Gasteiger partial charge in [-0.1, -0.05) is 175 Å². The summed E-state index contributed by atoms with van der Waals surface area (Å²) >= 11 is 0. The van der Waals surface area contributed by atoms with Gasteiger partial charge in [0.1, 0.15) is 6.61 Å². The maximum atomic E-state index is 12.0. The van der Waals surface area contributed by atoms with Crippen molar-refractivity contribution in [1.82, 2.24) is 5.32 Å².